The van der Waals surface area contributed by atoms with Crippen LogP contribution in [0.15, 0.2) is 29.2 Å². The van der Waals surface area contributed by atoms with Crippen LogP contribution in [0.2, 0.25) is 0 Å². The van der Waals surface area contributed by atoms with Crippen molar-refractivity contribution in [2.24, 2.45) is 0 Å². The van der Waals surface area contributed by atoms with E-state index in [9.17, 15) is 13.2 Å². The minimum atomic E-state index is -3.53. The monoisotopic (exact) mass is 270 g/mol. The Morgan fingerprint density at radius 1 is 1.06 bits per heavy atom. The Balaban J connectivity index is 2.17. The molecule has 0 bridgehead atoms. The second-order valence-corrected chi connectivity index (χ2v) is 5.98. The van der Waals surface area contributed by atoms with Gasteiger partial charge in [-0.15, -0.1) is 0 Å². The molecule has 1 aromatic carbocycles. The van der Waals surface area contributed by atoms with Crippen molar-refractivity contribution in [2.45, 2.75) is 4.90 Å². The third-order valence-corrected chi connectivity index (χ3v) is 4.81. The Morgan fingerprint density at radius 3 is 2.11 bits per heavy atom. The number of phenols is 1. The van der Waals surface area contributed by atoms with Gasteiger partial charge in [0.15, 0.2) is 0 Å². The molecular weight excluding hydrogens is 256 g/mol. The number of aromatic hydroxyl groups is 1. The van der Waals surface area contributed by atoms with E-state index in [4.69, 9.17) is 5.11 Å². The van der Waals surface area contributed by atoms with Crippen molar-refractivity contribution >= 4 is 16.4 Å². The van der Waals surface area contributed by atoms with Crippen molar-refractivity contribution in [3.63, 3.8) is 0 Å². The minimum absolute atomic E-state index is 0.0275. The van der Waals surface area contributed by atoms with Crippen LogP contribution >= 0.6 is 0 Å². The maximum atomic E-state index is 12.2. The predicted octanol–water partition coefficient (Wildman–Crippen LogP) is -0.145. The molecule has 18 heavy (non-hydrogen) atoms. The Kier molecular flexibility index (Phi) is 3.53. The summed E-state index contributed by atoms with van der Waals surface area (Å²) in [5.41, 5.74) is 0. The number of carbonyl (C=O) groups excluding carboxylic acids is 1. The zero-order valence-electron chi connectivity index (χ0n) is 9.69. The van der Waals surface area contributed by atoms with Crippen LogP contribution in [-0.4, -0.2) is 55.3 Å². The number of sulfonamides is 1. The smallest absolute Gasteiger partial charge is 0.243 e. The quantitative estimate of drug-likeness (QED) is 0.775. The zero-order valence-corrected chi connectivity index (χ0v) is 10.5. The summed E-state index contributed by atoms with van der Waals surface area (Å²) in [4.78, 5) is 12.3. The van der Waals surface area contributed by atoms with Gasteiger partial charge >= 0.3 is 0 Å². The number of hydrogen-bond donors (Lipinski definition) is 1. The molecule has 1 saturated heterocycles. The summed E-state index contributed by atoms with van der Waals surface area (Å²) in [7, 11) is -3.53. The molecule has 0 saturated carbocycles. The number of nitrogens with zero attached hydrogens (tertiary/aromatic N) is 2. The van der Waals surface area contributed by atoms with Gasteiger partial charge in [-0.2, -0.15) is 4.31 Å². The van der Waals surface area contributed by atoms with Gasteiger partial charge in [-0.25, -0.2) is 8.42 Å². The molecule has 7 heteroatoms. The van der Waals surface area contributed by atoms with E-state index in [0.717, 1.165) is 6.41 Å². The topological polar surface area (TPSA) is 77.9 Å². The van der Waals surface area contributed by atoms with Gasteiger partial charge in [0.1, 0.15) is 5.75 Å². The molecule has 1 heterocycles. The summed E-state index contributed by atoms with van der Waals surface area (Å²) in [6.07, 6.45) is 0.727. The van der Waals surface area contributed by atoms with Gasteiger partial charge in [-0.05, 0) is 24.3 Å². The third kappa shape index (κ3) is 2.46. The van der Waals surface area contributed by atoms with Gasteiger partial charge in [0.25, 0.3) is 0 Å². The van der Waals surface area contributed by atoms with E-state index in [1.54, 1.807) is 4.90 Å². The summed E-state index contributed by atoms with van der Waals surface area (Å²) in [5.74, 6) is 0.0275. The molecule has 0 spiro atoms. The van der Waals surface area contributed by atoms with Crippen LogP contribution in [-0.2, 0) is 14.8 Å². The summed E-state index contributed by atoms with van der Waals surface area (Å²) < 4.78 is 25.8. The minimum Gasteiger partial charge on any atom is -0.508 e. The van der Waals surface area contributed by atoms with Gasteiger partial charge < -0.3 is 10.0 Å². The third-order valence-electron chi connectivity index (χ3n) is 2.90. The van der Waals surface area contributed by atoms with Crippen LogP contribution < -0.4 is 0 Å². The van der Waals surface area contributed by atoms with Crippen LogP contribution in [0.4, 0.5) is 0 Å². The number of rotatable bonds is 3. The lowest BCUT2D eigenvalue weighted by Gasteiger charge is -2.31. The number of piperazine rings is 1. The molecule has 1 aliphatic rings. The first-order valence-electron chi connectivity index (χ1n) is 5.52. The Morgan fingerprint density at radius 2 is 1.61 bits per heavy atom. The van der Waals surface area contributed by atoms with E-state index in [1.807, 2.05) is 0 Å². The van der Waals surface area contributed by atoms with Crippen LogP contribution in [0.3, 0.4) is 0 Å². The molecule has 1 fully saturated rings. The summed E-state index contributed by atoms with van der Waals surface area (Å²) in [6.45, 7) is 1.39. The normalized spacial score (nSPS) is 17.7. The molecule has 6 nitrogen and oxygen atoms in total. The maximum Gasteiger partial charge on any atom is 0.243 e. The number of benzene rings is 1. The fourth-order valence-electron chi connectivity index (χ4n) is 1.82. The molecular formula is C11H14N2O4S. The van der Waals surface area contributed by atoms with Crippen molar-refractivity contribution in [1.82, 2.24) is 9.21 Å². The standard InChI is InChI=1S/C11H14N2O4S/c14-9-12-5-7-13(8-6-12)18(16,17)11-3-1-10(15)2-4-11/h1-4,9,15H,5-8H2. The van der Waals surface area contributed by atoms with Crippen molar-refractivity contribution in [2.75, 3.05) is 26.2 Å². The van der Waals surface area contributed by atoms with Crippen LogP contribution in [0, 0.1) is 0 Å². The second-order valence-electron chi connectivity index (χ2n) is 4.04. The zero-order chi connectivity index (χ0) is 13.2. The molecule has 0 aliphatic carbocycles. The van der Waals surface area contributed by atoms with E-state index in [2.05, 4.69) is 0 Å². The van der Waals surface area contributed by atoms with Crippen LogP contribution in [0.25, 0.3) is 0 Å². The average Bonchev–Trinajstić information content (AvgIpc) is 2.39. The first-order chi connectivity index (χ1) is 8.54. The van der Waals surface area contributed by atoms with Gasteiger partial charge in [-0.3, -0.25) is 4.79 Å². The SMILES string of the molecule is O=CN1CCN(S(=O)(=O)c2ccc(O)cc2)CC1. The first kappa shape index (κ1) is 12.8. The lowest BCUT2D eigenvalue weighted by Crippen LogP contribution is -2.47. The van der Waals surface area contributed by atoms with E-state index >= 15 is 0 Å². The van der Waals surface area contributed by atoms with Gasteiger partial charge in [0, 0.05) is 26.2 Å². The molecule has 2 rings (SSSR count). The molecule has 1 amide bonds. The highest BCUT2D eigenvalue weighted by Crippen LogP contribution is 2.19. The summed E-state index contributed by atoms with van der Waals surface area (Å²) in [5, 5.41) is 9.15. The van der Waals surface area contributed by atoms with Gasteiger partial charge in [0.05, 0.1) is 4.90 Å². The summed E-state index contributed by atoms with van der Waals surface area (Å²) in [6, 6.07) is 5.43. The fraction of sp³-hybridized carbons (Fsp3) is 0.364. The molecule has 1 aromatic rings. The highest BCUT2D eigenvalue weighted by Gasteiger charge is 2.27. The molecule has 98 valence electrons. The van der Waals surface area contributed by atoms with E-state index in [0.29, 0.717) is 26.2 Å². The highest BCUT2D eigenvalue weighted by molar-refractivity contribution is 7.89. The fourth-order valence-corrected chi connectivity index (χ4v) is 3.24. The maximum absolute atomic E-state index is 12.2. The van der Waals surface area contributed by atoms with Crippen molar-refractivity contribution in [3.8, 4) is 5.75 Å². The van der Waals surface area contributed by atoms with E-state index in [-0.39, 0.29) is 10.6 Å². The molecule has 0 unspecified atom stereocenters. The number of carbonyl (C=O) groups is 1. The van der Waals surface area contributed by atoms with Crippen molar-refractivity contribution < 1.29 is 18.3 Å². The lowest BCUT2D eigenvalue weighted by atomic mass is 10.3. The molecule has 1 aliphatic heterocycles. The largest absolute Gasteiger partial charge is 0.508 e. The van der Waals surface area contributed by atoms with Gasteiger partial charge in [-0.1, -0.05) is 0 Å². The predicted molar refractivity (Wildman–Crippen MR) is 64.5 cm³/mol. The van der Waals surface area contributed by atoms with Crippen LogP contribution in [0.1, 0.15) is 0 Å². The Hall–Kier alpha value is -1.60. The second kappa shape index (κ2) is 4.95. The number of phenolic OH excluding ortho intramolecular Hbond substituents is 1. The number of hydrogen-bond acceptors (Lipinski definition) is 4. The molecule has 0 radical (unpaired) electrons. The van der Waals surface area contributed by atoms with E-state index in [1.165, 1.54) is 28.6 Å². The Labute approximate surface area is 105 Å². The first-order valence-corrected chi connectivity index (χ1v) is 6.96. The molecule has 0 atom stereocenters. The van der Waals surface area contributed by atoms with Gasteiger partial charge in [0.2, 0.25) is 16.4 Å². The number of amides is 1. The van der Waals surface area contributed by atoms with Crippen LogP contribution in [0.5, 0.6) is 5.75 Å². The van der Waals surface area contributed by atoms with Crippen molar-refractivity contribution in [3.05, 3.63) is 24.3 Å². The average molecular weight is 270 g/mol. The highest BCUT2D eigenvalue weighted by atomic mass is 32.2. The van der Waals surface area contributed by atoms with Crippen molar-refractivity contribution in [1.29, 1.82) is 0 Å². The van der Waals surface area contributed by atoms with E-state index < -0.39 is 10.0 Å². The Bertz CT molecular complexity index is 518. The summed E-state index contributed by atoms with van der Waals surface area (Å²) >= 11 is 0. The molecule has 0 aromatic heterocycles. The lowest BCUT2D eigenvalue weighted by molar-refractivity contribution is -0.119. The molecule has 1 N–H and O–H groups in total.